The quantitative estimate of drug-likeness (QED) is 0.0503. The minimum Gasteiger partial charge on any atom is -0.252 e. The normalized spacial score (nSPS) is 13.0. The van der Waals surface area contributed by atoms with Crippen LogP contribution in [0.4, 0.5) is 0 Å². The van der Waals surface area contributed by atoms with E-state index >= 15 is 0 Å². The molecule has 0 spiro atoms. The molecule has 0 saturated heterocycles. The SMILES string of the molecule is CCCCCCc1ccc(-c2ccc(-c3cnc(-c4cc5c(s4)-c4sc(-c6ncc(-c7ccc(-c8ccc(CCCCCC)s8)s7)c7nsnc67)cc4C5(CCCCCC)CCCCCC)c4nsnc34)s2)s1. The van der Waals surface area contributed by atoms with Crippen molar-refractivity contribution in [2.24, 2.45) is 0 Å². The first-order valence-electron chi connectivity index (χ1n) is 26.9. The van der Waals surface area contributed by atoms with Gasteiger partial charge in [-0.05, 0) is 110 Å². The van der Waals surface area contributed by atoms with Gasteiger partial charge in [0.1, 0.15) is 33.5 Å². The summed E-state index contributed by atoms with van der Waals surface area (Å²) in [7, 11) is 0. The van der Waals surface area contributed by atoms with Gasteiger partial charge >= 0.3 is 0 Å². The van der Waals surface area contributed by atoms with Gasteiger partial charge in [-0.2, -0.15) is 17.5 Å². The minimum atomic E-state index is -0.0799. The van der Waals surface area contributed by atoms with E-state index in [2.05, 4.69) is 101 Å². The fourth-order valence-corrected chi connectivity index (χ4v) is 18.9. The molecule has 10 aromatic heterocycles. The molecule has 0 aliphatic heterocycles. The van der Waals surface area contributed by atoms with E-state index < -0.39 is 0 Å². The van der Waals surface area contributed by atoms with Crippen LogP contribution in [0.25, 0.3) is 93.4 Å². The third-order valence-electron chi connectivity index (χ3n) is 14.8. The van der Waals surface area contributed by atoms with Crippen LogP contribution in [0.5, 0.6) is 0 Å². The maximum Gasteiger partial charge on any atom is 0.132 e. The smallest absolute Gasteiger partial charge is 0.132 e. The molecule has 0 radical (unpaired) electrons. The average molecular weight is 1110 g/mol. The van der Waals surface area contributed by atoms with Gasteiger partial charge in [-0.3, -0.25) is 9.97 Å². The van der Waals surface area contributed by atoms with Crippen LogP contribution in [0.1, 0.15) is 164 Å². The molecule has 10 heterocycles. The third-order valence-corrected chi connectivity index (χ3v) is 23.2. The van der Waals surface area contributed by atoms with Gasteiger partial charge in [0.05, 0.1) is 33.2 Å². The zero-order valence-electron chi connectivity index (χ0n) is 42.5. The fourth-order valence-electron chi connectivity index (χ4n) is 10.8. The van der Waals surface area contributed by atoms with E-state index in [9.17, 15) is 0 Å². The van der Waals surface area contributed by atoms with Gasteiger partial charge in [-0.25, -0.2) is 0 Å². The molecule has 0 saturated carbocycles. The van der Waals surface area contributed by atoms with Crippen molar-refractivity contribution < 1.29 is 0 Å². The standard InChI is InChI=1S/C59H64N6S8/c1-5-9-13-17-21-37-23-25-45(66-37)47-29-27-43(68-47)39-35-60-53(55-51(39)62-72-64-55)49-33-41-57(70-49)58-42(59(41,31-19-15-11-7-3)32-20-16-12-8-4)34-50(71-58)54-56-52(63-73-65-56)40(36-61-54)44-28-30-48(69-44)46-26-24-38(67-46)22-18-14-10-6-2/h23-30,33-36H,5-22,31-32H2,1-4H3. The van der Waals surface area contributed by atoms with Crippen molar-refractivity contribution >= 4 is 114 Å². The summed E-state index contributed by atoms with van der Waals surface area (Å²) in [5, 5.41) is 0. The number of hydrogen-bond acceptors (Lipinski definition) is 14. The fraction of sp³-hybridized carbons (Fsp3) is 0.424. The Morgan fingerprint density at radius 1 is 0.370 bits per heavy atom. The molecule has 0 aromatic carbocycles. The van der Waals surface area contributed by atoms with E-state index in [1.807, 2.05) is 68.0 Å². The third kappa shape index (κ3) is 10.5. The molecule has 1 aliphatic carbocycles. The van der Waals surface area contributed by atoms with Gasteiger partial charge in [0.25, 0.3) is 0 Å². The predicted molar refractivity (Wildman–Crippen MR) is 323 cm³/mol. The molecule has 14 heteroatoms. The van der Waals surface area contributed by atoms with E-state index in [0.717, 1.165) is 57.4 Å². The number of fused-ring (bicyclic) bond motifs is 5. The van der Waals surface area contributed by atoms with Gasteiger partial charge in [0.2, 0.25) is 0 Å². The Hall–Kier alpha value is -3.86. The maximum absolute atomic E-state index is 5.30. The first-order chi connectivity index (χ1) is 36.0. The number of aromatic nitrogens is 6. The van der Waals surface area contributed by atoms with Crippen LogP contribution < -0.4 is 0 Å². The molecule has 378 valence electrons. The lowest BCUT2D eigenvalue weighted by atomic mass is 9.71. The molecular formula is C59H64N6S8. The van der Waals surface area contributed by atoms with Crippen molar-refractivity contribution in [1.29, 1.82) is 0 Å². The highest BCUT2D eigenvalue weighted by Crippen LogP contribution is 2.62. The van der Waals surface area contributed by atoms with Crippen molar-refractivity contribution in [1.82, 2.24) is 27.5 Å². The highest BCUT2D eigenvalue weighted by atomic mass is 32.1. The number of hydrogen-bond donors (Lipinski definition) is 0. The Kier molecular flexibility index (Phi) is 16.6. The van der Waals surface area contributed by atoms with Crippen molar-refractivity contribution in [2.75, 3.05) is 0 Å². The van der Waals surface area contributed by atoms with E-state index in [-0.39, 0.29) is 5.41 Å². The Morgan fingerprint density at radius 2 is 0.753 bits per heavy atom. The number of rotatable bonds is 26. The topological polar surface area (TPSA) is 77.3 Å². The maximum atomic E-state index is 5.30. The molecular weight excluding hydrogens is 1050 g/mol. The number of aryl methyl sites for hydroxylation is 2. The van der Waals surface area contributed by atoms with Crippen molar-refractivity contribution in [2.45, 2.75) is 162 Å². The van der Waals surface area contributed by atoms with Crippen molar-refractivity contribution in [3.05, 3.63) is 93.9 Å². The van der Waals surface area contributed by atoms with Gasteiger partial charge in [0.15, 0.2) is 0 Å². The van der Waals surface area contributed by atoms with Crippen molar-refractivity contribution in [3.63, 3.8) is 0 Å². The Labute approximate surface area is 463 Å². The molecule has 0 atom stereocenters. The summed E-state index contributed by atoms with van der Waals surface area (Å²) in [5.41, 5.74) is 10.7. The lowest BCUT2D eigenvalue weighted by Crippen LogP contribution is -2.25. The van der Waals surface area contributed by atoms with Crippen LogP contribution in [0.2, 0.25) is 0 Å². The zero-order chi connectivity index (χ0) is 49.7. The summed E-state index contributed by atoms with van der Waals surface area (Å²) < 4.78 is 19.9. The molecule has 11 rings (SSSR count). The minimum absolute atomic E-state index is 0.0799. The van der Waals surface area contributed by atoms with Crippen LogP contribution in [0.3, 0.4) is 0 Å². The highest BCUT2D eigenvalue weighted by Gasteiger charge is 2.46. The van der Waals surface area contributed by atoms with Crippen LogP contribution in [-0.2, 0) is 18.3 Å². The average Bonchev–Trinajstić information content (AvgIpc) is 4.26. The molecule has 0 unspecified atom stereocenters. The number of nitrogens with zero attached hydrogens (tertiary/aromatic N) is 6. The number of unbranched alkanes of at least 4 members (excludes halogenated alkanes) is 12. The van der Waals surface area contributed by atoms with Crippen LogP contribution in [-0.4, -0.2) is 27.5 Å². The summed E-state index contributed by atoms with van der Waals surface area (Å²) >= 11 is 14.0. The second kappa shape index (κ2) is 23.6. The highest BCUT2D eigenvalue weighted by molar-refractivity contribution is 7.26. The summed E-state index contributed by atoms with van der Waals surface area (Å²) in [4.78, 5) is 26.4. The monoisotopic (exact) mass is 1110 g/mol. The summed E-state index contributed by atoms with van der Waals surface area (Å²) in [5.74, 6) is 0. The second-order valence-electron chi connectivity index (χ2n) is 19.9. The van der Waals surface area contributed by atoms with Gasteiger partial charge in [0, 0.05) is 77.7 Å². The van der Waals surface area contributed by atoms with Crippen LogP contribution in [0, 0.1) is 0 Å². The van der Waals surface area contributed by atoms with E-state index in [1.54, 1.807) is 0 Å². The molecule has 0 N–H and O–H groups in total. The molecule has 10 aromatic rings. The summed E-state index contributed by atoms with van der Waals surface area (Å²) in [6.45, 7) is 9.20. The van der Waals surface area contributed by atoms with Gasteiger partial charge in [-0.1, -0.05) is 118 Å². The Balaban J connectivity index is 0.928. The number of pyridine rings is 2. The van der Waals surface area contributed by atoms with E-state index in [0.29, 0.717) is 0 Å². The summed E-state index contributed by atoms with van der Waals surface area (Å²) in [6.07, 6.45) is 29.0. The van der Waals surface area contributed by atoms with Crippen molar-refractivity contribution in [3.8, 4) is 71.3 Å². The van der Waals surface area contributed by atoms with Gasteiger partial charge in [-0.15, -0.1) is 68.0 Å². The van der Waals surface area contributed by atoms with Crippen LogP contribution in [0.15, 0.2) is 73.1 Å². The number of thiophene rings is 6. The predicted octanol–water partition coefficient (Wildman–Crippen LogP) is 21.3. The van der Waals surface area contributed by atoms with Crippen LogP contribution >= 0.6 is 91.5 Å². The van der Waals surface area contributed by atoms with E-state index in [1.165, 1.54) is 209 Å². The van der Waals surface area contributed by atoms with Gasteiger partial charge < -0.3 is 0 Å². The first-order valence-corrected chi connectivity index (χ1v) is 33.3. The molecule has 6 nitrogen and oxygen atoms in total. The molecule has 0 amide bonds. The van der Waals surface area contributed by atoms with E-state index in [4.69, 9.17) is 27.5 Å². The Bertz CT molecular complexity index is 3200. The zero-order valence-corrected chi connectivity index (χ0v) is 49.1. The summed E-state index contributed by atoms with van der Waals surface area (Å²) in [6, 6.07) is 23.4. The molecule has 73 heavy (non-hydrogen) atoms. The Morgan fingerprint density at radius 3 is 1.19 bits per heavy atom. The molecule has 0 fully saturated rings. The first kappa shape index (κ1) is 51.3. The lowest BCUT2D eigenvalue weighted by molar-refractivity contribution is 0.402. The largest absolute Gasteiger partial charge is 0.252 e. The molecule has 0 bridgehead atoms. The molecule has 1 aliphatic rings. The second-order valence-corrected chi connectivity index (χ2v) is 27.5. The lowest BCUT2D eigenvalue weighted by Gasteiger charge is -2.31.